The average molecular weight is 207 g/mol. The van der Waals surface area contributed by atoms with E-state index >= 15 is 0 Å². The van der Waals surface area contributed by atoms with Crippen LogP contribution in [-0.4, -0.2) is 13.1 Å². The van der Waals surface area contributed by atoms with E-state index in [1.807, 2.05) is 6.20 Å². The number of hydrogen-bond donors (Lipinski definition) is 0. The second-order valence-corrected chi connectivity index (χ2v) is 10.9. The normalized spacial score (nSPS) is 13.0. The molecule has 0 N–H and O–H groups in total. The molecule has 0 fully saturated rings. The summed E-state index contributed by atoms with van der Waals surface area (Å²) >= 11 is 0. The first-order chi connectivity index (χ1) is 6.21. The Bertz CT molecular complexity index is 268. The molecule has 0 saturated carbocycles. The molecule has 0 amide bonds. The van der Waals surface area contributed by atoms with E-state index in [2.05, 4.69) is 57.5 Å². The smallest absolute Gasteiger partial charge is 0.101 e. The van der Waals surface area contributed by atoms with Crippen molar-refractivity contribution < 1.29 is 0 Å². The Labute approximate surface area is 88.6 Å². The van der Waals surface area contributed by atoms with Gasteiger partial charge in [-0.15, -0.1) is 0 Å². The van der Waals surface area contributed by atoms with Gasteiger partial charge >= 0.3 is 0 Å². The van der Waals surface area contributed by atoms with E-state index in [1.165, 1.54) is 10.9 Å². The van der Waals surface area contributed by atoms with Crippen molar-refractivity contribution in [3.05, 3.63) is 23.9 Å². The first-order valence-electron chi connectivity index (χ1n) is 5.18. The topological polar surface area (TPSA) is 12.9 Å². The van der Waals surface area contributed by atoms with Crippen LogP contribution in [0, 0.1) is 0 Å². The molecule has 0 saturated heterocycles. The van der Waals surface area contributed by atoms with Crippen LogP contribution in [-0.2, 0) is 5.41 Å². The van der Waals surface area contributed by atoms with E-state index in [1.54, 1.807) is 0 Å². The van der Waals surface area contributed by atoms with Crippen LogP contribution in [0.2, 0.25) is 19.6 Å². The largest absolute Gasteiger partial charge is 0.266 e. The molecule has 0 radical (unpaired) electrons. The zero-order valence-corrected chi connectivity index (χ0v) is 11.2. The summed E-state index contributed by atoms with van der Waals surface area (Å²) in [5.74, 6) is 0. The first-order valence-corrected chi connectivity index (χ1v) is 8.68. The molecule has 0 atom stereocenters. The Hall–Kier alpha value is -0.633. The zero-order chi connectivity index (χ0) is 11.0. The molecule has 2 heteroatoms. The molecule has 78 valence electrons. The van der Waals surface area contributed by atoms with Gasteiger partial charge in [-0.2, -0.15) is 0 Å². The lowest BCUT2D eigenvalue weighted by Crippen LogP contribution is -2.40. The molecular weight excluding hydrogens is 186 g/mol. The van der Waals surface area contributed by atoms with Crippen LogP contribution >= 0.6 is 0 Å². The van der Waals surface area contributed by atoms with Crippen molar-refractivity contribution in [3.8, 4) is 0 Å². The van der Waals surface area contributed by atoms with Crippen molar-refractivity contribution in [2.45, 2.75) is 45.8 Å². The molecule has 1 heterocycles. The van der Waals surface area contributed by atoms with Crippen LogP contribution in [0.15, 0.2) is 18.3 Å². The maximum absolute atomic E-state index is 4.58. The molecule has 0 spiro atoms. The molecule has 1 aromatic rings. The van der Waals surface area contributed by atoms with Crippen LogP contribution in [0.1, 0.15) is 26.3 Å². The standard InChI is InChI=1S/C12H21NSi/c1-12(2,3)10-7-8-11(13-9-10)14(4,5)6/h7-9H,1-6H3. The third-order valence-corrected chi connectivity index (χ3v) is 4.23. The monoisotopic (exact) mass is 207 g/mol. The minimum atomic E-state index is -1.23. The fraction of sp³-hybridized carbons (Fsp3) is 0.583. The number of aromatic nitrogens is 1. The van der Waals surface area contributed by atoms with E-state index in [0.29, 0.717) is 0 Å². The van der Waals surface area contributed by atoms with Crippen molar-refractivity contribution in [1.29, 1.82) is 0 Å². The van der Waals surface area contributed by atoms with E-state index in [4.69, 9.17) is 0 Å². The van der Waals surface area contributed by atoms with Crippen molar-refractivity contribution in [2.24, 2.45) is 0 Å². The van der Waals surface area contributed by atoms with Crippen LogP contribution in [0.5, 0.6) is 0 Å². The minimum Gasteiger partial charge on any atom is -0.266 e. The summed E-state index contributed by atoms with van der Waals surface area (Å²) in [7, 11) is -1.23. The lowest BCUT2D eigenvalue weighted by molar-refractivity contribution is 0.588. The molecule has 0 aromatic carbocycles. The van der Waals surface area contributed by atoms with Crippen LogP contribution in [0.4, 0.5) is 0 Å². The molecular formula is C12H21NSi. The SMILES string of the molecule is CC(C)(C)c1ccc([Si](C)(C)C)nc1. The fourth-order valence-corrected chi connectivity index (χ4v) is 2.32. The number of nitrogens with zero attached hydrogens (tertiary/aromatic N) is 1. The maximum atomic E-state index is 4.58. The fourth-order valence-electron chi connectivity index (χ4n) is 1.28. The summed E-state index contributed by atoms with van der Waals surface area (Å²) in [6, 6.07) is 4.42. The number of pyridine rings is 1. The van der Waals surface area contributed by atoms with E-state index in [0.717, 1.165) is 0 Å². The van der Waals surface area contributed by atoms with Gasteiger partial charge < -0.3 is 0 Å². The van der Waals surface area contributed by atoms with Crippen molar-refractivity contribution in [2.75, 3.05) is 0 Å². The van der Waals surface area contributed by atoms with E-state index in [9.17, 15) is 0 Å². The molecule has 0 aliphatic heterocycles. The summed E-state index contributed by atoms with van der Waals surface area (Å²) in [5.41, 5.74) is 1.53. The predicted octanol–water partition coefficient (Wildman–Crippen LogP) is 2.92. The van der Waals surface area contributed by atoms with Crippen LogP contribution in [0.25, 0.3) is 0 Å². The third-order valence-electron chi connectivity index (χ3n) is 2.40. The van der Waals surface area contributed by atoms with Gasteiger partial charge in [-0.1, -0.05) is 46.5 Å². The van der Waals surface area contributed by atoms with Crippen molar-refractivity contribution in [1.82, 2.24) is 4.98 Å². The number of hydrogen-bond acceptors (Lipinski definition) is 1. The summed E-state index contributed by atoms with van der Waals surface area (Å²) in [6.07, 6.45) is 2.04. The zero-order valence-electron chi connectivity index (χ0n) is 10.2. The second kappa shape index (κ2) is 3.50. The molecule has 0 aliphatic rings. The first kappa shape index (κ1) is 11.4. The Morgan fingerprint density at radius 1 is 1.07 bits per heavy atom. The molecule has 1 aromatic heterocycles. The van der Waals surface area contributed by atoms with Crippen molar-refractivity contribution >= 4 is 13.4 Å². The summed E-state index contributed by atoms with van der Waals surface area (Å²) in [5, 5.41) is 1.30. The predicted molar refractivity (Wildman–Crippen MR) is 65.9 cm³/mol. The van der Waals surface area contributed by atoms with Gasteiger partial charge in [0.2, 0.25) is 0 Å². The summed E-state index contributed by atoms with van der Waals surface area (Å²) in [4.78, 5) is 4.58. The molecule has 0 unspecified atom stereocenters. The summed E-state index contributed by atoms with van der Waals surface area (Å²) < 4.78 is 0. The van der Waals surface area contributed by atoms with Gasteiger partial charge in [0.05, 0.1) is 0 Å². The highest BCUT2D eigenvalue weighted by Crippen LogP contribution is 2.20. The van der Waals surface area contributed by atoms with Gasteiger partial charge in [-0.25, -0.2) is 0 Å². The molecule has 0 aliphatic carbocycles. The molecule has 0 bridgehead atoms. The van der Waals surface area contributed by atoms with E-state index < -0.39 is 8.07 Å². The Morgan fingerprint density at radius 2 is 1.64 bits per heavy atom. The third kappa shape index (κ3) is 2.68. The van der Waals surface area contributed by atoms with Gasteiger partial charge in [0, 0.05) is 11.5 Å². The second-order valence-electron chi connectivity index (χ2n) is 5.93. The van der Waals surface area contributed by atoms with Crippen molar-refractivity contribution in [3.63, 3.8) is 0 Å². The Morgan fingerprint density at radius 3 is 1.93 bits per heavy atom. The average Bonchev–Trinajstić information content (AvgIpc) is 2.01. The lowest BCUT2D eigenvalue weighted by Gasteiger charge is -2.21. The highest BCUT2D eigenvalue weighted by molar-refractivity contribution is 6.88. The molecule has 1 nitrogen and oxygen atoms in total. The van der Waals surface area contributed by atoms with Gasteiger partial charge in [0.25, 0.3) is 0 Å². The van der Waals surface area contributed by atoms with Crippen LogP contribution in [0.3, 0.4) is 0 Å². The van der Waals surface area contributed by atoms with Gasteiger partial charge in [-0.3, -0.25) is 4.98 Å². The van der Waals surface area contributed by atoms with Crippen LogP contribution < -0.4 is 5.32 Å². The maximum Gasteiger partial charge on any atom is 0.101 e. The van der Waals surface area contributed by atoms with Gasteiger partial charge in [0.1, 0.15) is 8.07 Å². The highest BCUT2D eigenvalue weighted by Gasteiger charge is 2.19. The summed E-state index contributed by atoms with van der Waals surface area (Å²) in [6.45, 7) is 13.6. The lowest BCUT2D eigenvalue weighted by atomic mass is 9.88. The van der Waals surface area contributed by atoms with Gasteiger partial charge in [-0.05, 0) is 17.0 Å². The molecule has 1 rings (SSSR count). The Balaban J connectivity index is 3.02. The number of rotatable bonds is 1. The Kier molecular flexibility index (Phi) is 2.86. The van der Waals surface area contributed by atoms with Gasteiger partial charge in [0.15, 0.2) is 0 Å². The quantitative estimate of drug-likeness (QED) is 0.645. The van der Waals surface area contributed by atoms with E-state index in [-0.39, 0.29) is 5.41 Å². The molecule has 14 heavy (non-hydrogen) atoms. The minimum absolute atomic E-state index is 0.213. The highest BCUT2D eigenvalue weighted by atomic mass is 28.3.